The van der Waals surface area contributed by atoms with Crippen LogP contribution in [0, 0.1) is 12.7 Å². The van der Waals surface area contributed by atoms with E-state index in [1.807, 2.05) is 67.6 Å². The summed E-state index contributed by atoms with van der Waals surface area (Å²) in [6.45, 7) is 8.05. The summed E-state index contributed by atoms with van der Waals surface area (Å²) < 4.78 is 21.2. The van der Waals surface area contributed by atoms with Gasteiger partial charge in [0.2, 0.25) is 5.88 Å². The molecular weight excluding hydrogens is 595 g/mol. The zero-order valence-electron chi connectivity index (χ0n) is 27.3. The van der Waals surface area contributed by atoms with Gasteiger partial charge in [-0.05, 0) is 72.9 Å². The van der Waals surface area contributed by atoms with Gasteiger partial charge >= 0.3 is 0 Å². The second-order valence-electron chi connectivity index (χ2n) is 11.5. The van der Waals surface area contributed by atoms with Gasteiger partial charge in [0.25, 0.3) is 11.8 Å². The summed E-state index contributed by atoms with van der Waals surface area (Å²) in [5, 5.41) is 2.92. The van der Waals surface area contributed by atoms with Gasteiger partial charge in [-0.1, -0.05) is 43.3 Å². The number of halogens is 1. The molecule has 1 aliphatic rings. The van der Waals surface area contributed by atoms with Crippen molar-refractivity contribution in [2.24, 2.45) is 11.5 Å². The predicted molar refractivity (Wildman–Crippen MR) is 184 cm³/mol. The third kappa shape index (κ3) is 6.99. The Morgan fingerprint density at radius 2 is 1.79 bits per heavy atom. The Labute approximate surface area is 275 Å². The number of pyridine rings is 1. The number of hydrogen-bond donors (Lipinski definition) is 3. The largest absolute Gasteiger partial charge is 0.478 e. The van der Waals surface area contributed by atoms with Gasteiger partial charge in [-0.15, -0.1) is 0 Å². The molecule has 0 bridgehead atoms. The summed E-state index contributed by atoms with van der Waals surface area (Å²) in [5.41, 5.74) is 17.0. The first kappa shape index (κ1) is 33.6. The molecule has 5 rings (SSSR count). The zero-order valence-corrected chi connectivity index (χ0v) is 27.3. The number of carbonyl (C=O) groups is 2. The Balaban J connectivity index is 1.49. The van der Waals surface area contributed by atoms with Gasteiger partial charge in [0.15, 0.2) is 0 Å². The maximum Gasteiger partial charge on any atom is 0.254 e. The quantitative estimate of drug-likeness (QED) is 0.207. The van der Waals surface area contributed by atoms with Gasteiger partial charge in [-0.3, -0.25) is 9.59 Å². The van der Waals surface area contributed by atoms with Crippen LogP contribution in [0.25, 0.3) is 22.3 Å². The molecule has 0 unspecified atom stereocenters. The third-order valence-corrected chi connectivity index (χ3v) is 8.68. The summed E-state index contributed by atoms with van der Waals surface area (Å²) >= 11 is 0. The summed E-state index contributed by atoms with van der Waals surface area (Å²) in [4.78, 5) is 36.2. The number of hydrogen-bond acceptors (Lipinski definition) is 7. The van der Waals surface area contributed by atoms with E-state index in [1.54, 1.807) is 24.1 Å². The van der Waals surface area contributed by atoms with Gasteiger partial charge in [-0.25, -0.2) is 9.37 Å². The summed E-state index contributed by atoms with van der Waals surface area (Å²) in [6, 6.07) is 20.7. The van der Waals surface area contributed by atoms with Crippen LogP contribution in [0.4, 0.5) is 10.1 Å². The fraction of sp³-hybridized carbons (Fsp3) is 0.324. The lowest BCUT2D eigenvalue weighted by Gasteiger charge is -2.43. The number of nitrogens with two attached hydrogens (primary N) is 2. The smallest absolute Gasteiger partial charge is 0.254 e. The van der Waals surface area contributed by atoms with E-state index in [0.717, 1.165) is 28.8 Å². The molecule has 2 heterocycles. The lowest BCUT2D eigenvalue weighted by Crippen LogP contribution is -2.55. The minimum atomic E-state index is -0.449. The SMILES string of the molecule is CCOc1ncccc1-c1ccc(N2CCN(C(=O)c3c(-c4ccccc4)cc(CN)c(F)c3C)C[C@H]2CC)c(C(=O)NCCN)c1. The van der Waals surface area contributed by atoms with Crippen molar-refractivity contribution in [3.05, 3.63) is 101 Å². The van der Waals surface area contributed by atoms with Crippen molar-refractivity contribution < 1.29 is 18.7 Å². The Morgan fingerprint density at radius 3 is 2.49 bits per heavy atom. The van der Waals surface area contributed by atoms with Gasteiger partial charge < -0.3 is 31.3 Å². The maximum atomic E-state index is 15.4. The summed E-state index contributed by atoms with van der Waals surface area (Å²) in [5.74, 6) is -0.411. The monoisotopic (exact) mass is 638 g/mol. The van der Waals surface area contributed by atoms with E-state index in [2.05, 4.69) is 22.1 Å². The number of benzene rings is 3. The molecule has 1 aliphatic heterocycles. The van der Waals surface area contributed by atoms with E-state index in [1.165, 1.54) is 0 Å². The second kappa shape index (κ2) is 15.2. The highest BCUT2D eigenvalue weighted by Crippen LogP contribution is 2.36. The van der Waals surface area contributed by atoms with Crippen LogP contribution in [0.1, 0.15) is 52.1 Å². The number of nitrogens with zero attached hydrogens (tertiary/aromatic N) is 3. The normalized spacial score (nSPS) is 14.6. The van der Waals surface area contributed by atoms with E-state index >= 15 is 4.39 Å². The van der Waals surface area contributed by atoms with Crippen molar-refractivity contribution in [1.29, 1.82) is 0 Å². The van der Waals surface area contributed by atoms with Crippen LogP contribution in [0.5, 0.6) is 5.88 Å². The van der Waals surface area contributed by atoms with Crippen molar-refractivity contribution in [3.8, 4) is 28.1 Å². The van der Waals surface area contributed by atoms with E-state index in [-0.39, 0.29) is 24.4 Å². The van der Waals surface area contributed by atoms with Crippen LogP contribution >= 0.6 is 0 Å². The van der Waals surface area contributed by atoms with E-state index in [4.69, 9.17) is 16.2 Å². The number of ether oxygens (including phenoxy) is 1. The van der Waals surface area contributed by atoms with E-state index in [0.29, 0.717) is 73.0 Å². The molecule has 3 aromatic carbocycles. The standard InChI is InChI=1S/C37H43FN6O3/c1-4-28-23-43(37(46)33-24(3)34(38)27(22-40)21-30(33)25-10-7-6-8-11-25)18-19-44(28)32-14-13-26(20-31(32)35(45)41-17-15-39)29-12-9-16-42-36(29)47-5-2/h6-14,16,20-21,28H,4-5,15,17-19,22-23,39-40H2,1-3H3,(H,41,45)/t28-/m1/s1. The average Bonchev–Trinajstić information content (AvgIpc) is 3.11. The molecule has 2 amide bonds. The molecule has 0 radical (unpaired) electrons. The van der Waals surface area contributed by atoms with Crippen LogP contribution in [0.3, 0.4) is 0 Å². The van der Waals surface area contributed by atoms with Crippen molar-refractivity contribution in [1.82, 2.24) is 15.2 Å². The first-order valence-electron chi connectivity index (χ1n) is 16.2. The molecule has 47 heavy (non-hydrogen) atoms. The van der Waals surface area contributed by atoms with Gasteiger partial charge in [0.1, 0.15) is 5.82 Å². The molecule has 0 aliphatic carbocycles. The minimum Gasteiger partial charge on any atom is -0.478 e. The number of amides is 2. The average molecular weight is 639 g/mol. The first-order chi connectivity index (χ1) is 22.8. The van der Waals surface area contributed by atoms with E-state index in [9.17, 15) is 9.59 Å². The Bertz CT molecular complexity index is 1730. The first-order valence-corrected chi connectivity index (χ1v) is 16.2. The molecule has 10 heteroatoms. The van der Waals surface area contributed by atoms with Crippen molar-refractivity contribution in [2.45, 2.75) is 39.8 Å². The van der Waals surface area contributed by atoms with Gasteiger partial charge in [-0.2, -0.15) is 0 Å². The number of anilines is 1. The van der Waals surface area contributed by atoms with Gasteiger partial charge in [0, 0.05) is 68.3 Å². The fourth-order valence-electron chi connectivity index (χ4n) is 6.28. The lowest BCUT2D eigenvalue weighted by atomic mass is 9.91. The second-order valence-corrected chi connectivity index (χ2v) is 11.5. The summed E-state index contributed by atoms with van der Waals surface area (Å²) in [7, 11) is 0. The molecule has 0 saturated carbocycles. The Morgan fingerprint density at radius 1 is 1.00 bits per heavy atom. The highest BCUT2D eigenvalue weighted by Gasteiger charge is 2.33. The molecule has 246 valence electrons. The molecule has 1 aromatic heterocycles. The predicted octanol–water partition coefficient (Wildman–Crippen LogP) is 5.15. The molecule has 1 fully saturated rings. The number of aromatic nitrogens is 1. The summed E-state index contributed by atoms with van der Waals surface area (Å²) in [6.07, 6.45) is 2.40. The topological polar surface area (TPSA) is 127 Å². The van der Waals surface area contributed by atoms with Crippen molar-refractivity contribution in [3.63, 3.8) is 0 Å². The lowest BCUT2D eigenvalue weighted by molar-refractivity contribution is 0.0719. The van der Waals surface area contributed by atoms with Crippen molar-refractivity contribution >= 4 is 17.5 Å². The number of nitrogens with one attached hydrogen (secondary N) is 1. The molecule has 9 nitrogen and oxygen atoms in total. The van der Waals surface area contributed by atoms with Crippen LogP contribution < -0.4 is 26.4 Å². The minimum absolute atomic E-state index is 0.0330. The molecule has 0 spiro atoms. The third-order valence-electron chi connectivity index (χ3n) is 8.68. The maximum absolute atomic E-state index is 15.4. The Kier molecular flexibility index (Phi) is 10.8. The molecular formula is C37H43FN6O3. The molecule has 1 atom stereocenters. The highest BCUT2D eigenvalue weighted by atomic mass is 19.1. The number of rotatable bonds is 11. The van der Waals surface area contributed by atoms with Crippen LogP contribution in [-0.2, 0) is 6.54 Å². The highest BCUT2D eigenvalue weighted by molar-refractivity contribution is 6.03. The van der Waals surface area contributed by atoms with Crippen LogP contribution in [0.15, 0.2) is 72.9 Å². The van der Waals surface area contributed by atoms with Gasteiger partial charge in [0.05, 0.1) is 17.7 Å². The Hall–Kier alpha value is -4.80. The van der Waals surface area contributed by atoms with Crippen LogP contribution in [0.2, 0.25) is 0 Å². The van der Waals surface area contributed by atoms with Crippen LogP contribution in [-0.4, -0.2) is 67.1 Å². The van der Waals surface area contributed by atoms with Crippen molar-refractivity contribution in [2.75, 3.05) is 44.2 Å². The number of carbonyl (C=O) groups excluding carboxylic acids is 2. The fourth-order valence-corrected chi connectivity index (χ4v) is 6.28. The number of piperazine rings is 1. The zero-order chi connectivity index (χ0) is 33.5. The van der Waals surface area contributed by atoms with E-state index < -0.39 is 5.82 Å². The molecule has 5 N–H and O–H groups in total. The molecule has 4 aromatic rings. The molecule has 1 saturated heterocycles.